The maximum atomic E-state index is 10.7. The van der Waals surface area contributed by atoms with Crippen molar-refractivity contribution < 1.29 is 9.66 Å². The molecule has 1 aliphatic rings. The van der Waals surface area contributed by atoms with E-state index in [1.807, 2.05) is 12.1 Å². The molecule has 1 aromatic heterocycles. The highest BCUT2D eigenvalue weighted by molar-refractivity contribution is 6.69. The number of aromatic nitrogens is 1. The summed E-state index contributed by atoms with van der Waals surface area (Å²) >= 11 is 6.26. The maximum absolute atomic E-state index is 10.7. The van der Waals surface area contributed by atoms with Crippen LogP contribution in [-0.4, -0.2) is 41.4 Å². The number of morpholine rings is 1. The van der Waals surface area contributed by atoms with Crippen molar-refractivity contribution >= 4 is 33.8 Å². The summed E-state index contributed by atoms with van der Waals surface area (Å²) in [5, 5.41) is 10.9. The van der Waals surface area contributed by atoms with Gasteiger partial charge >= 0.3 is 0 Å². The number of pyridine rings is 1. The number of rotatable bonds is 4. The molecule has 24 heavy (non-hydrogen) atoms. The number of nitrogens with zero attached hydrogens (tertiary/aromatic N) is 4. The van der Waals surface area contributed by atoms with Crippen LogP contribution in [-0.2, 0) is 4.74 Å². The van der Waals surface area contributed by atoms with Crippen LogP contribution in [0.15, 0.2) is 47.6 Å². The van der Waals surface area contributed by atoms with Gasteiger partial charge in [0.2, 0.25) is 0 Å². The molecule has 0 unspecified atom stereocenters. The summed E-state index contributed by atoms with van der Waals surface area (Å²) in [7, 11) is 0. The van der Waals surface area contributed by atoms with Gasteiger partial charge in [-0.05, 0) is 24.3 Å². The van der Waals surface area contributed by atoms with Gasteiger partial charge in [-0.1, -0.05) is 11.6 Å². The number of hydrogen-bond acceptors (Lipinski definition) is 6. The largest absolute Gasteiger partial charge is 0.378 e. The zero-order valence-corrected chi connectivity index (χ0v) is 13.5. The molecule has 0 N–H and O–H groups in total. The van der Waals surface area contributed by atoms with Gasteiger partial charge in [-0.2, -0.15) is 0 Å². The molecule has 7 nitrogen and oxygen atoms in total. The Morgan fingerprint density at radius 1 is 1.25 bits per heavy atom. The van der Waals surface area contributed by atoms with Gasteiger partial charge in [0.05, 0.1) is 23.8 Å². The molecule has 0 saturated carbocycles. The number of halogens is 1. The van der Waals surface area contributed by atoms with E-state index in [1.165, 1.54) is 12.1 Å². The average molecular weight is 347 g/mol. The standard InChI is InChI=1S/C16H15ClN4O3/c17-16(19-12-1-3-13(4-2-12)21(22)23)15-11-14(5-6-18-15)20-7-9-24-10-8-20/h1-6,11H,7-10H2. The van der Waals surface area contributed by atoms with Crippen LogP contribution in [0.1, 0.15) is 5.69 Å². The molecule has 2 heterocycles. The molecule has 8 heteroatoms. The van der Waals surface area contributed by atoms with Crippen molar-refractivity contribution in [1.82, 2.24) is 4.98 Å². The lowest BCUT2D eigenvalue weighted by Crippen LogP contribution is -2.36. The van der Waals surface area contributed by atoms with E-state index in [0.717, 1.165) is 18.8 Å². The average Bonchev–Trinajstić information content (AvgIpc) is 2.63. The lowest BCUT2D eigenvalue weighted by molar-refractivity contribution is -0.384. The Morgan fingerprint density at radius 3 is 2.62 bits per heavy atom. The van der Waals surface area contributed by atoms with Crippen LogP contribution in [0.4, 0.5) is 17.1 Å². The highest BCUT2D eigenvalue weighted by Gasteiger charge is 2.13. The number of ether oxygens (including phenoxy) is 1. The fraction of sp³-hybridized carbons (Fsp3) is 0.250. The Morgan fingerprint density at radius 2 is 1.96 bits per heavy atom. The van der Waals surface area contributed by atoms with Crippen LogP contribution in [0.2, 0.25) is 0 Å². The first kappa shape index (κ1) is 16.4. The lowest BCUT2D eigenvalue weighted by Gasteiger charge is -2.28. The smallest absolute Gasteiger partial charge is 0.269 e. The third kappa shape index (κ3) is 3.87. The highest BCUT2D eigenvalue weighted by Crippen LogP contribution is 2.21. The molecule has 0 atom stereocenters. The number of non-ortho nitro benzene ring substituents is 1. The van der Waals surface area contributed by atoms with Crippen LogP contribution in [0.25, 0.3) is 0 Å². The quantitative estimate of drug-likeness (QED) is 0.482. The molecule has 0 aliphatic carbocycles. The predicted octanol–water partition coefficient (Wildman–Crippen LogP) is 3.14. The van der Waals surface area contributed by atoms with Crippen LogP contribution < -0.4 is 4.90 Å². The fourth-order valence-electron chi connectivity index (χ4n) is 2.37. The molecule has 124 valence electrons. The fourth-order valence-corrected chi connectivity index (χ4v) is 2.57. The van der Waals surface area contributed by atoms with Crippen molar-refractivity contribution in [2.24, 2.45) is 4.99 Å². The topological polar surface area (TPSA) is 80.9 Å². The Balaban J connectivity index is 1.81. The number of anilines is 1. The second-order valence-corrected chi connectivity index (χ2v) is 5.53. The third-order valence-corrected chi connectivity index (χ3v) is 3.90. The summed E-state index contributed by atoms with van der Waals surface area (Å²) in [5.74, 6) is 0. The third-order valence-electron chi connectivity index (χ3n) is 3.62. The summed E-state index contributed by atoms with van der Waals surface area (Å²) in [6.07, 6.45) is 1.69. The van der Waals surface area contributed by atoms with Gasteiger partial charge in [-0.15, -0.1) is 0 Å². The molecule has 3 rings (SSSR count). The van der Waals surface area contributed by atoms with Gasteiger partial charge in [0.15, 0.2) is 5.17 Å². The second kappa shape index (κ2) is 7.37. The summed E-state index contributed by atoms with van der Waals surface area (Å²) in [6.45, 7) is 3.03. The zero-order chi connectivity index (χ0) is 16.9. The van der Waals surface area contributed by atoms with Gasteiger partial charge in [0.1, 0.15) is 5.69 Å². The Hall–Kier alpha value is -2.51. The van der Waals surface area contributed by atoms with Crippen molar-refractivity contribution in [3.63, 3.8) is 0 Å². The van der Waals surface area contributed by atoms with Gasteiger partial charge in [0.25, 0.3) is 5.69 Å². The van der Waals surface area contributed by atoms with Crippen molar-refractivity contribution in [3.05, 3.63) is 58.4 Å². The molecular weight excluding hydrogens is 332 g/mol. The number of benzene rings is 1. The normalized spacial score (nSPS) is 15.4. The first-order valence-electron chi connectivity index (χ1n) is 7.41. The molecule has 1 saturated heterocycles. The number of nitro groups is 1. The van der Waals surface area contributed by atoms with Gasteiger partial charge < -0.3 is 9.64 Å². The molecule has 0 amide bonds. The minimum Gasteiger partial charge on any atom is -0.378 e. The van der Waals surface area contributed by atoms with E-state index < -0.39 is 4.92 Å². The summed E-state index contributed by atoms with van der Waals surface area (Å²) in [4.78, 5) is 20.9. The minimum atomic E-state index is -0.456. The van der Waals surface area contributed by atoms with E-state index in [-0.39, 0.29) is 10.9 Å². The molecule has 0 bridgehead atoms. The number of aliphatic imine (C=N–C) groups is 1. The van der Waals surface area contributed by atoms with Crippen LogP contribution in [0, 0.1) is 10.1 Å². The van der Waals surface area contributed by atoms with Gasteiger partial charge in [0, 0.05) is 37.1 Å². The Bertz CT molecular complexity index is 758. The lowest BCUT2D eigenvalue weighted by atomic mass is 10.2. The van der Waals surface area contributed by atoms with E-state index >= 15 is 0 Å². The first-order valence-corrected chi connectivity index (χ1v) is 7.79. The highest BCUT2D eigenvalue weighted by atomic mass is 35.5. The van der Waals surface area contributed by atoms with Crippen molar-refractivity contribution in [1.29, 1.82) is 0 Å². The molecular formula is C16H15ClN4O3. The van der Waals surface area contributed by atoms with E-state index in [2.05, 4.69) is 14.9 Å². The molecule has 1 aliphatic heterocycles. The first-order chi connectivity index (χ1) is 11.6. The SMILES string of the molecule is O=[N+]([O-])c1ccc(N=C(Cl)c2cc(N3CCOCC3)ccn2)cc1. The summed E-state index contributed by atoms with van der Waals surface area (Å²) in [5.41, 5.74) is 2.11. The molecule has 0 spiro atoms. The number of nitro benzene ring substituents is 1. The maximum Gasteiger partial charge on any atom is 0.269 e. The predicted molar refractivity (Wildman–Crippen MR) is 92.4 cm³/mol. The van der Waals surface area contributed by atoms with Gasteiger partial charge in [-0.3, -0.25) is 15.1 Å². The Labute approximate surface area is 143 Å². The van der Waals surface area contributed by atoms with Gasteiger partial charge in [-0.25, -0.2) is 4.99 Å². The summed E-state index contributed by atoms with van der Waals surface area (Å²) in [6, 6.07) is 9.67. The second-order valence-electron chi connectivity index (χ2n) is 5.17. The molecule has 1 fully saturated rings. The van der Waals surface area contributed by atoms with Crippen molar-refractivity contribution in [3.8, 4) is 0 Å². The molecule has 0 radical (unpaired) electrons. The van der Waals surface area contributed by atoms with Crippen LogP contribution in [0.3, 0.4) is 0 Å². The molecule has 2 aromatic rings. The van der Waals surface area contributed by atoms with E-state index in [9.17, 15) is 10.1 Å². The monoisotopic (exact) mass is 346 g/mol. The van der Waals surface area contributed by atoms with Crippen molar-refractivity contribution in [2.45, 2.75) is 0 Å². The zero-order valence-electron chi connectivity index (χ0n) is 12.8. The minimum absolute atomic E-state index is 0.0116. The molecule has 1 aromatic carbocycles. The van der Waals surface area contributed by atoms with Crippen molar-refractivity contribution in [2.75, 3.05) is 31.2 Å². The number of hydrogen-bond donors (Lipinski definition) is 0. The van der Waals surface area contributed by atoms with E-state index in [4.69, 9.17) is 16.3 Å². The van der Waals surface area contributed by atoms with E-state index in [0.29, 0.717) is 24.6 Å². The Kier molecular flexibility index (Phi) is 5.02. The van der Waals surface area contributed by atoms with Crippen LogP contribution in [0.5, 0.6) is 0 Å². The van der Waals surface area contributed by atoms with E-state index in [1.54, 1.807) is 18.3 Å². The summed E-state index contributed by atoms with van der Waals surface area (Å²) < 4.78 is 5.35. The van der Waals surface area contributed by atoms with Crippen LogP contribution >= 0.6 is 11.6 Å².